The van der Waals surface area contributed by atoms with Gasteiger partial charge in [0.2, 0.25) is 0 Å². The van der Waals surface area contributed by atoms with Crippen molar-refractivity contribution in [3.63, 3.8) is 0 Å². The number of para-hydroxylation sites is 1. The molecule has 3 aromatic rings. The molecule has 6 heteroatoms. The van der Waals surface area contributed by atoms with E-state index in [4.69, 9.17) is 14.2 Å². The van der Waals surface area contributed by atoms with Crippen molar-refractivity contribution in [1.82, 2.24) is 0 Å². The largest absolute Gasteiger partial charge is 0.493 e. The molecule has 31 heavy (non-hydrogen) atoms. The van der Waals surface area contributed by atoms with Gasteiger partial charge in [0.15, 0.2) is 21.3 Å². The lowest BCUT2D eigenvalue weighted by molar-refractivity contribution is 0.158. The molecule has 1 heterocycles. The average molecular weight is 437 g/mol. The zero-order valence-electron chi connectivity index (χ0n) is 17.7. The fraction of sp³-hybridized carbons (Fsp3) is 0.280. The van der Waals surface area contributed by atoms with E-state index in [1.54, 1.807) is 26.4 Å². The SMILES string of the molecule is COc1cc2c(cc1OC)[C@H]1c3ccccc3O[C@@H](C2)[C@@H]1S(=O)(=O)c1ccc(C)cc1. The van der Waals surface area contributed by atoms with Crippen LogP contribution in [0.5, 0.6) is 17.2 Å². The normalized spacial score (nSPS) is 21.5. The number of sulfone groups is 1. The zero-order chi connectivity index (χ0) is 21.8. The molecule has 0 spiro atoms. The van der Waals surface area contributed by atoms with Crippen molar-refractivity contribution in [2.75, 3.05) is 14.2 Å². The zero-order valence-corrected chi connectivity index (χ0v) is 18.5. The molecule has 0 radical (unpaired) electrons. The van der Waals surface area contributed by atoms with E-state index in [2.05, 4.69) is 0 Å². The minimum absolute atomic E-state index is 0.324. The number of hydrogen-bond acceptors (Lipinski definition) is 5. The van der Waals surface area contributed by atoms with E-state index in [1.807, 2.05) is 55.5 Å². The molecular weight excluding hydrogens is 412 g/mol. The van der Waals surface area contributed by atoms with Gasteiger partial charge in [0.1, 0.15) is 17.1 Å². The monoisotopic (exact) mass is 436 g/mol. The fourth-order valence-corrected chi connectivity index (χ4v) is 6.89. The third-order valence-corrected chi connectivity index (χ3v) is 8.56. The van der Waals surface area contributed by atoms with Gasteiger partial charge in [-0.15, -0.1) is 0 Å². The number of hydrogen-bond donors (Lipinski definition) is 0. The van der Waals surface area contributed by atoms with Crippen LogP contribution in [0, 0.1) is 6.92 Å². The Balaban J connectivity index is 1.74. The summed E-state index contributed by atoms with van der Waals surface area (Å²) in [4.78, 5) is 0.324. The highest BCUT2D eigenvalue weighted by atomic mass is 32.2. The number of ether oxygens (including phenoxy) is 3. The molecule has 160 valence electrons. The Kier molecular flexibility index (Phi) is 4.70. The van der Waals surface area contributed by atoms with Crippen LogP contribution < -0.4 is 14.2 Å². The highest BCUT2D eigenvalue weighted by Gasteiger charge is 2.51. The molecule has 0 aromatic heterocycles. The Morgan fingerprint density at radius 2 is 1.58 bits per heavy atom. The molecular formula is C25H24O5S. The third kappa shape index (κ3) is 3.08. The smallest absolute Gasteiger partial charge is 0.185 e. The van der Waals surface area contributed by atoms with E-state index in [0.29, 0.717) is 22.8 Å². The lowest BCUT2D eigenvalue weighted by Gasteiger charge is -2.44. The summed E-state index contributed by atoms with van der Waals surface area (Å²) in [6.07, 6.45) is -0.00665. The summed E-state index contributed by atoms with van der Waals surface area (Å²) in [6.45, 7) is 1.95. The molecule has 0 amide bonds. The van der Waals surface area contributed by atoms with Gasteiger partial charge in [-0.2, -0.15) is 0 Å². The molecule has 2 aliphatic rings. The van der Waals surface area contributed by atoms with Crippen molar-refractivity contribution >= 4 is 9.84 Å². The quantitative estimate of drug-likeness (QED) is 0.610. The number of benzene rings is 3. The molecule has 1 aliphatic heterocycles. The number of aryl methyl sites for hydroxylation is 1. The summed E-state index contributed by atoms with van der Waals surface area (Å²) in [7, 11) is -0.463. The second kappa shape index (κ2) is 7.31. The molecule has 3 aromatic carbocycles. The summed E-state index contributed by atoms with van der Waals surface area (Å²) in [6, 6.07) is 18.6. The van der Waals surface area contributed by atoms with E-state index < -0.39 is 21.2 Å². The van der Waals surface area contributed by atoms with Crippen LogP contribution in [-0.4, -0.2) is 34.0 Å². The van der Waals surface area contributed by atoms with Crippen molar-refractivity contribution in [2.45, 2.75) is 35.5 Å². The lowest BCUT2D eigenvalue weighted by atomic mass is 9.75. The van der Waals surface area contributed by atoms with E-state index in [0.717, 1.165) is 28.0 Å². The van der Waals surface area contributed by atoms with Crippen LogP contribution >= 0.6 is 0 Å². The predicted molar refractivity (Wildman–Crippen MR) is 118 cm³/mol. The topological polar surface area (TPSA) is 61.8 Å². The van der Waals surface area contributed by atoms with Crippen LogP contribution in [0.15, 0.2) is 65.6 Å². The van der Waals surface area contributed by atoms with Gasteiger partial charge in [-0.25, -0.2) is 8.42 Å². The van der Waals surface area contributed by atoms with Gasteiger partial charge in [-0.1, -0.05) is 35.9 Å². The molecule has 0 saturated heterocycles. The standard InChI is InChI=1S/C25H24O5S/c1-15-8-10-17(11-9-15)31(26,27)25-23-13-16-12-21(28-2)22(29-3)14-19(16)24(25)18-6-4-5-7-20(18)30-23/h4-12,14,23-25H,13H2,1-3H3/t23-,24+,25-/m0/s1. The lowest BCUT2D eigenvalue weighted by Crippen LogP contribution is -2.50. The van der Waals surface area contributed by atoms with Gasteiger partial charge in [-0.05, 0) is 48.4 Å². The van der Waals surface area contributed by atoms with Gasteiger partial charge in [-0.3, -0.25) is 0 Å². The van der Waals surface area contributed by atoms with Crippen LogP contribution in [0.3, 0.4) is 0 Å². The van der Waals surface area contributed by atoms with E-state index in [-0.39, 0.29) is 5.92 Å². The van der Waals surface area contributed by atoms with Crippen LogP contribution in [0.25, 0.3) is 0 Å². The van der Waals surface area contributed by atoms with E-state index in [9.17, 15) is 8.42 Å². The Morgan fingerprint density at radius 1 is 0.903 bits per heavy atom. The molecule has 2 bridgehead atoms. The first-order valence-corrected chi connectivity index (χ1v) is 11.8. The number of fused-ring (bicyclic) bond motifs is 6. The van der Waals surface area contributed by atoms with Crippen LogP contribution in [-0.2, 0) is 16.3 Å². The first kappa shape index (κ1) is 19.9. The van der Waals surface area contributed by atoms with Crippen LogP contribution in [0.4, 0.5) is 0 Å². The summed E-state index contributed by atoms with van der Waals surface area (Å²) < 4.78 is 45.1. The second-order valence-corrected chi connectivity index (χ2v) is 10.2. The minimum atomic E-state index is -3.66. The van der Waals surface area contributed by atoms with Gasteiger partial charge in [0.05, 0.1) is 19.1 Å². The molecule has 3 atom stereocenters. The highest BCUT2D eigenvalue weighted by molar-refractivity contribution is 7.92. The summed E-state index contributed by atoms with van der Waals surface area (Å²) >= 11 is 0. The Hall–Kier alpha value is -2.99. The summed E-state index contributed by atoms with van der Waals surface area (Å²) in [5, 5.41) is -0.726. The minimum Gasteiger partial charge on any atom is -0.493 e. The first-order chi connectivity index (χ1) is 14.9. The van der Waals surface area contributed by atoms with Crippen molar-refractivity contribution in [1.29, 1.82) is 0 Å². The third-order valence-electron chi connectivity index (χ3n) is 6.34. The molecule has 0 unspecified atom stereocenters. The Morgan fingerprint density at radius 3 is 2.29 bits per heavy atom. The number of methoxy groups -OCH3 is 2. The van der Waals surface area contributed by atoms with Crippen molar-refractivity contribution in [2.24, 2.45) is 0 Å². The predicted octanol–water partition coefficient (Wildman–Crippen LogP) is 4.30. The highest BCUT2D eigenvalue weighted by Crippen LogP contribution is 2.51. The molecule has 5 nitrogen and oxygen atoms in total. The van der Waals surface area contributed by atoms with Gasteiger partial charge >= 0.3 is 0 Å². The fourth-order valence-electron chi connectivity index (χ4n) is 4.85. The maximum atomic E-state index is 13.9. The van der Waals surface area contributed by atoms with Gasteiger partial charge in [0.25, 0.3) is 0 Å². The second-order valence-electron chi connectivity index (χ2n) is 8.10. The van der Waals surface area contributed by atoms with Crippen LogP contribution in [0.1, 0.15) is 28.2 Å². The summed E-state index contributed by atoms with van der Waals surface area (Å²) in [5.74, 6) is 1.61. The molecule has 5 rings (SSSR count). The van der Waals surface area contributed by atoms with Crippen molar-refractivity contribution in [3.05, 3.63) is 82.9 Å². The van der Waals surface area contributed by atoms with E-state index >= 15 is 0 Å². The molecule has 0 fully saturated rings. The van der Waals surface area contributed by atoms with Gasteiger partial charge in [0, 0.05) is 17.9 Å². The van der Waals surface area contributed by atoms with Crippen molar-refractivity contribution in [3.8, 4) is 17.2 Å². The molecule has 0 N–H and O–H groups in total. The molecule has 0 saturated carbocycles. The number of rotatable bonds is 4. The maximum absolute atomic E-state index is 13.9. The van der Waals surface area contributed by atoms with Crippen LogP contribution in [0.2, 0.25) is 0 Å². The van der Waals surface area contributed by atoms with Gasteiger partial charge < -0.3 is 14.2 Å². The molecule has 1 aliphatic carbocycles. The van der Waals surface area contributed by atoms with Crippen molar-refractivity contribution < 1.29 is 22.6 Å². The summed E-state index contributed by atoms with van der Waals surface area (Å²) in [5.41, 5.74) is 3.88. The Bertz CT molecular complexity index is 1250. The average Bonchev–Trinajstić information content (AvgIpc) is 2.78. The first-order valence-electron chi connectivity index (χ1n) is 10.2. The van der Waals surface area contributed by atoms with E-state index in [1.165, 1.54) is 0 Å². The maximum Gasteiger partial charge on any atom is 0.185 e. The Labute approximate surface area is 182 Å².